The molecule has 0 bridgehead atoms. The maximum Gasteiger partial charge on any atom is 0.269 e. The van der Waals surface area contributed by atoms with Crippen molar-refractivity contribution in [2.75, 3.05) is 13.2 Å². The highest BCUT2D eigenvalue weighted by Crippen LogP contribution is 2.29. The minimum Gasteiger partial charge on any atom is -0.396 e. The van der Waals surface area contributed by atoms with E-state index in [0.717, 1.165) is 12.8 Å². The maximum absolute atomic E-state index is 11.9. The zero-order valence-corrected chi connectivity index (χ0v) is 10.8. The molecule has 100 valence electrons. The Morgan fingerprint density at radius 1 is 1.50 bits per heavy atom. The standard InChI is InChI=1S/C13H21N3O2/c1-16-9-14-7-12(16)13(18)15-6-10-4-2-3-5-11(10)8-17/h7,9-11,17H,2-6,8H2,1H3,(H,15,18). The monoisotopic (exact) mass is 251 g/mol. The molecule has 1 saturated carbocycles. The quantitative estimate of drug-likeness (QED) is 0.837. The largest absolute Gasteiger partial charge is 0.396 e. The molecule has 2 unspecified atom stereocenters. The van der Waals surface area contributed by atoms with E-state index >= 15 is 0 Å². The summed E-state index contributed by atoms with van der Waals surface area (Å²) in [5.74, 6) is 0.656. The van der Waals surface area contributed by atoms with Crippen LogP contribution in [-0.4, -0.2) is 33.7 Å². The molecule has 1 aromatic rings. The Balaban J connectivity index is 1.87. The van der Waals surface area contributed by atoms with Gasteiger partial charge in [0.25, 0.3) is 5.91 Å². The van der Waals surface area contributed by atoms with Crippen molar-refractivity contribution in [2.45, 2.75) is 25.7 Å². The van der Waals surface area contributed by atoms with Crippen LogP contribution in [0.1, 0.15) is 36.2 Å². The molecule has 1 aliphatic carbocycles. The molecule has 0 aliphatic heterocycles. The number of aliphatic hydroxyl groups is 1. The fraction of sp³-hybridized carbons (Fsp3) is 0.692. The van der Waals surface area contributed by atoms with Gasteiger partial charge in [-0.25, -0.2) is 4.98 Å². The fourth-order valence-electron chi connectivity index (χ4n) is 2.68. The summed E-state index contributed by atoms with van der Waals surface area (Å²) < 4.78 is 1.71. The zero-order valence-electron chi connectivity index (χ0n) is 10.8. The SMILES string of the molecule is Cn1cncc1C(=O)NCC1CCCCC1CO. The van der Waals surface area contributed by atoms with Crippen LogP contribution in [0.15, 0.2) is 12.5 Å². The molecule has 1 heterocycles. The van der Waals surface area contributed by atoms with Gasteiger partial charge in [0.05, 0.1) is 12.5 Å². The third-order valence-electron chi connectivity index (χ3n) is 3.88. The average Bonchev–Trinajstić information content (AvgIpc) is 2.82. The first-order chi connectivity index (χ1) is 8.72. The number of aliphatic hydroxyl groups excluding tert-OH is 1. The van der Waals surface area contributed by atoms with Crippen LogP contribution >= 0.6 is 0 Å². The van der Waals surface area contributed by atoms with Gasteiger partial charge in [0, 0.05) is 20.2 Å². The van der Waals surface area contributed by atoms with E-state index < -0.39 is 0 Å². The number of nitrogens with one attached hydrogen (secondary N) is 1. The van der Waals surface area contributed by atoms with Gasteiger partial charge in [0.1, 0.15) is 5.69 Å². The Labute approximate surface area is 107 Å². The van der Waals surface area contributed by atoms with Crippen LogP contribution in [-0.2, 0) is 7.05 Å². The van der Waals surface area contributed by atoms with Gasteiger partial charge in [-0.2, -0.15) is 0 Å². The Morgan fingerprint density at radius 2 is 2.22 bits per heavy atom. The second-order valence-corrected chi connectivity index (χ2v) is 5.09. The smallest absolute Gasteiger partial charge is 0.269 e. The van der Waals surface area contributed by atoms with E-state index in [0.29, 0.717) is 24.1 Å². The van der Waals surface area contributed by atoms with Crippen molar-refractivity contribution in [1.29, 1.82) is 0 Å². The van der Waals surface area contributed by atoms with Crippen LogP contribution in [0.2, 0.25) is 0 Å². The summed E-state index contributed by atoms with van der Waals surface area (Å²) in [6, 6.07) is 0. The average molecular weight is 251 g/mol. The van der Waals surface area contributed by atoms with Gasteiger partial charge in [-0.15, -0.1) is 0 Å². The van der Waals surface area contributed by atoms with Gasteiger partial charge in [0.2, 0.25) is 0 Å². The van der Waals surface area contributed by atoms with Gasteiger partial charge < -0.3 is 15.0 Å². The molecule has 0 aromatic carbocycles. The van der Waals surface area contributed by atoms with Gasteiger partial charge in [0.15, 0.2) is 0 Å². The minimum absolute atomic E-state index is 0.0859. The molecule has 5 heteroatoms. The van der Waals surface area contributed by atoms with Crippen molar-refractivity contribution in [3.05, 3.63) is 18.2 Å². The number of aromatic nitrogens is 2. The molecule has 1 amide bonds. The molecule has 0 radical (unpaired) electrons. The molecule has 2 atom stereocenters. The van der Waals surface area contributed by atoms with E-state index in [2.05, 4.69) is 10.3 Å². The number of carbonyl (C=O) groups excluding carboxylic acids is 1. The van der Waals surface area contributed by atoms with Crippen molar-refractivity contribution < 1.29 is 9.90 Å². The van der Waals surface area contributed by atoms with Crippen LogP contribution in [0.5, 0.6) is 0 Å². The second kappa shape index (κ2) is 6.00. The summed E-state index contributed by atoms with van der Waals surface area (Å²) in [5, 5.41) is 12.3. The number of amides is 1. The lowest BCUT2D eigenvalue weighted by Gasteiger charge is -2.30. The van der Waals surface area contributed by atoms with Crippen molar-refractivity contribution in [1.82, 2.24) is 14.9 Å². The number of imidazole rings is 1. The van der Waals surface area contributed by atoms with E-state index in [1.54, 1.807) is 24.1 Å². The molecular weight excluding hydrogens is 230 g/mol. The van der Waals surface area contributed by atoms with Crippen molar-refractivity contribution in [3.63, 3.8) is 0 Å². The van der Waals surface area contributed by atoms with Crippen molar-refractivity contribution in [2.24, 2.45) is 18.9 Å². The number of rotatable bonds is 4. The molecule has 1 fully saturated rings. The molecule has 1 aromatic heterocycles. The lowest BCUT2D eigenvalue weighted by molar-refractivity contribution is 0.0901. The van der Waals surface area contributed by atoms with Crippen LogP contribution in [0, 0.1) is 11.8 Å². The van der Waals surface area contributed by atoms with Crippen LogP contribution in [0.4, 0.5) is 0 Å². The second-order valence-electron chi connectivity index (χ2n) is 5.09. The third kappa shape index (κ3) is 2.90. The predicted octanol–water partition coefficient (Wildman–Crippen LogP) is 0.949. The van der Waals surface area contributed by atoms with Crippen LogP contribution in [0.3, 0.4) is 0 Å². The molecular formula is C13H21N3O2. The minimum atomic E-state index is -0.0859. The van der Waals surface area contributed by atoms with Crippen LogP contribution < -0.4 is 5.32 Å². The third-order valence-corrected chi connectivity index (χ3v) is 3.88. The molecule has 1 aliphatic rings. The van der Waals surface area contributed by atoms with E-state index in [9.17, 15) is 9.90 Å². The van der Waals surface area contributed by atoms with Gasteiger partial charge >= 0.3 is 0 Å². The predicted molar refractivity (Wildman–Crippen MR) is 68.1 cm³/mol. The van der Waals surface area contributed by atoms with Gasteiger partial charge in [-0.3, -0.25) is 4.79 Å². The fourth-order valence-corrected chi connectivity index (χ4v) is 2.68. The van der Waals surface area contributed by atoms with E-state index in [4.69, 9.17) is 0 Å². The number of nitrogens with zero attached hydrogens (tertiary/aromatic N) is 2. The molecule has 5 nitrogen and oxygen atoms in total. The van der Waals surface area contributed by atoms with Crippen molar-refractivity contribution >= 4 is 5.91 Å². The highest BCUT2D eigenvalue weighted by molar-refractivity contribution is 5.92. The number of carbonyl (C=O) groups is 1. The lowest BCUT2D eigenvalue weighted by Crippen LogP contribution is -2.36. The Hall–Kier alpha value is -1.36. The normalized spacial score (nSPS) is 23.9. The van der Waals surface area contributed by atoms with E-state index in [-0.39, 0.29) is 12.5 Å². The van der Waals surface area contributed by atoms with Crippen LogP contribution in [0.25, 0.3) is 0 Å². The summed E-state index contributed by atoms with van der Waals surface area (Å²) in [7, 11) is 1.80. The van der Waals surface area contributed by atoms with Gasteiger partial charge in [-0.05, 0) is 24.7 Å². The zero-order chi connectivity index (χ0) is 13.0. The molecule has 0 saturated heterocycles. The summed E-state index contributed by atoms with van der Waals surface area (Å²) in [6.07, 6.45) is 7.74. The summed E-state index contributed by atoms with van der Waals surface area (Å²) in [4.78, 5) is 15.9. The Morgan fingerprint density at radius 3 is 2.83 bits per heavy atom. The first-order valence-corrected chi connectivity index (χ1v) is 6.57. The highest BCUT2D eigenvalue weighted by Gasteiger charge is 2.25. The lowest BCUT2D eigenvalue weighted by atomic mass is 9.79. The van der Waals surface area contributed by atoms with E-state index in [1.807, 2.05) is 0 Å². The Bertz CT molecular complexity index is 403. The number of hydrogen-bond donors (Lipinski definition) is 2. The number of aryl methyl sites for hydroxylation is 1. The first-order valence-electron chi connectivity index (χ1n) is 6.57. The highest BCUT2D eigenvalue weighted by atomic mass is 16.3. The summed E-state index contributed by atoms with van der Waals surface area (Å²) in [6.45, 7) is 0.876. The molecule has 2 rings (SSSR count). The van der Waals surface area contributed by atoms with E-state index in [1.165, 1.54) is 12.8 Å². The molecule has 0 spiro atoms. The van der Waals surface area contributed by atoms with Gasteiger partial charge in [-0.1, -0.05) is 12.8 Å². The topological polar surface area (TPSA) is 67.2 Å². The number of hydrogen-bond acceptors (Lipinski definition) is 3. The van der Waals surface area contributed by atoms with Crippen molar-refractivity contribution in [3.8, 4) is 0 Å². The first kappa shape index (κ1) is 13.1. The molecule has 18 heavy (non-hydrogen) atoms. The molecule has 2 N–H and O–H groups in total. The maximum atomic E-state index is 11.9. The summed E-state index contributed by atoms with van der Waals surface area (Å²) in [5.41, 5.74) is 0.575. The Kier molecular flexibility index (Phi) is 4.36. The summed E-state index contributed by atoms with van der Waals surface area (Å²) >= 11 is 0.